The molecule has 1 atom stereocenters. The van der Waals surface area contributed by atoms with Crippen LogP contribution in [0.1, 0.15) is 6.42 Å². The Bertz CT molecular complexity index is 375. The summed E-state index contributed by atoms with van der Waals surface area (Å²) in [5, 5.41) is 0. The van der Waals surface area contributed by atoms with Crippen LogP contribution in [0.4, 0.5) is 10.1 Å². The van der Waals surface area contributed by atoms with Crippen molar-refractivity contribution in [1.82, 2.24) is 0 Å². The van der Waals surface area contributed by atoms with Crippen molar-refractivity contribution < 1.29 is 9.18 Å². The number of anilines is 1. The van der Waals surface area contributed by atoms with Crippen LogP contribution >= 0.6 is 0 Å². The van der Waals surface area contributed by atoms with E-state index >= 15 is 0 Å². The minimum absolute atomic E-state index is 0.216. The lowest BCUT2D eigenvalue weighted by Gasteiger charge is -2.20. The van der Waals surface area contributed by atoms with Gasteiger partial charge in [-0.1, -0.05) is 6.08 Å². The van der Waals surface area contributed by atoms with Crippen molar-refractivity contribution in [2.45, 2.75) is 12.5 Å². The number of nitrogens with zero attached hydrogens (tertiary/aromatic N) is 1. The zero-order chi connectivity index (χ0) is 12.1. The Labute approximate surface area is 94.4 Å². The van der Waals surface area contributed by atoms with Gasteiger partial charge in [-0.3, -0.25) is 4.79 Å². The molecule has 4 heteroatoms. The molecule has 16 heavy (non-hydrogen) atoms. The molecule has 1 aromatic carbocycles. The smallest absolute Gasteiger partial charge is 0.243 e. The topological polar surface area (TPSA) is 46.3 Å². The molecule has 86 valence electrons. The third kappa shape index (κ3) is 2.90. The van der Waals surface area contributed by atoms with Gasteiger partial charge in [0.2, 0.25) is 5.91 Å². The van der Waals surface area contributed by atoms with Gasteiger partial charge >= 0.3 is 0 Å². The fourth-order valence-electron chi connectivity index (χ4n) is 1.32. The van der Waals surface area contributed by atoms with Gasteiger partial charge < -0.3 is 10.6 Å². The molecule has 0 saturated carbocycles. The van der Waals surface area contributed by atoms with Crippen LogP contribution in [0.25, 0.3) is 0 Å². The molecule has 0 aliphatic carbocycles. The predicted molar refractivity (Wildman–Crippen MR) is 62.6 cm³/mol. The van der Waals surface area contributed by atoms with Crippen molar-refractivity contribution in [3.05, 3.63) is 42.7 Å². The lowest BCUT2D eigenvalue weighted by molar-refractivity contribution is -0.119. The first-order valence-electron chi connectivity index (χ1n) is 4.96. The summed E-state index contributed by atoms with van der Waals surface area (Å²) in [6.45, 7) is 3.53. The molecule has 0 spiro atoms. The van der Waals surface area contributed by atoms with E-state index in [4.69, 9.17) is 5.73 Å². The van der Waals surface area contributed by atoms with E-state index in [2.05, 4.69) is 6.58 Å². The molecule has 1 aromatic rings. The van der Waals surface area contributed by atoms with Gasteiger partial charge in [0.15, 0.2) is 0 Å². The van der Waals surface area contributed by atoms with E-state index in [-0.39, 0.29) is 11.7 Å². The van der Waals surface area contributed by atoms with Crippen molar-refractivity contribution >= 4 is 11.6 Å². The van der Waals surface area contributed by atoms with Crippen molar-refractivity contribution in [3.8, 4) is 0 Å². The van der Waals surface area contributed by atoms with E-state index in [9.17, 15) is 9.18 Å². The lowest BCUT2D eigenvalue weighted by atomic mass is 10.2. The van der Waals surface area contributed by atoms with Crippen LogP contribution in [0.3, 0.4) is 0 Å². The highest BCUT2D eigenvalue weighted by Crippen LogP contribution is 2.14. The zero-order valence-corrected chi connectivity index (χ0v) is 9.19. The standard InChI is InChI=1S/C12H15FN2O/c1-3-4-11(14)12(16)15(2)10-7-5-9(13)6-8-10/h3,5-8,11H,1,4,14H2,2H3. The molecule has 3 nitrogen and oxygen atoms in total. The summed E-state index contributed by atoms with van der Waals surface area (Å²) in [6, 6.07) is 5.07. The minimum Gasteiger partial charge on any atom is -0.320 e. The van der Waals surface area contributed by atoms with Crippen molar-refractivity contribution in [1.29, 1.82) is 0 Å². The van der Waals surface area contributed by atoms with Gasteiger partial charge in [-0.15, -0.1) is 6.58 Å². The Morgan fingerprint density at radius 3 is 2.62 bits per heavy atom. The van der Waals surface area contributed by atoms with Gasteiger partial charge in [-0.05, 0) is 30.7 Å². The van der Waals surface area contributed by atoms with Gasteiger partial charge in [-0.2, -0.15) is 0 Å². The molecule has 1 rings (SSSR count). The van der Waals surface area contributed by atoms with Crippen LogP contribution in [-0.4, -0.2) is 19.0 Å². The summed E-state index contributed by atoms with van der Waals surface area (Å²) in [5.41, 5.74) is 6.28. The molecule has 0 aliphatic heterocycles. The third-order valence-electron chi connectivity index (χ3n) is 2.28. The summed E-state index contributed by atoms with van der Waals surface area (Å²) < 4.78 is 12.7. The van der Waals surface area contributed by atoms with Gasteiger partial charge in [0, 0.05) is 12.7 Å². The van der Waals surface area contributed by atoms with Crippen LogP contribution in [0.2, 0.25) is 0 Å². The maximum Gasteiger partial charge on any atom is 0.243 e. The Hall–Kier alpha value is -1.68. The number of benzene rings is 1. The van der Waals surface area contributed by atoms with E-state index in [0.29, 0.717) is 12.1 Å². The molecular weight excluding hydrogens is 207 g/mol. The van der Waals surface area contributed by atoms with Crippen LogP contribution < -0.4 is 10.6 Å². The highest BCUT2D eigenvalue weighted by atomic mass is 19.1. The quantitative estimate of drug-likeness (QED) is 0.788. The summed E-state index contributed by atoms with van der Waals surface area (Å²) >= 11 is 0. The molecule has 0 aromatic heterocycles. The largest absolute Gasteiger partial charge is 0.320 e. The number of nitrogens with two attached hydrogens (primary N) is 1. The number of hydrogen-bond acceptors (Lipinski definition) is 2. The fraction of sp³-hybridized carbons (Fsp3) is 0.250. The zero-order valence-electron chi connectivity index (χ0n) is 9.19. The van der Waals surface area contributed by atoms with Crippen molar-refractivity contribution in [2.24, 2.45) is 5.73 Å². The number of hydrogen-bond donors (Lipinski definition) is 1. The molecular formula is C12H15FN2O. The van der Waals surface area contributed by atoms with Crippen LogP contribution in [0.5, 0.6) is 0 Å². The molecule has 1 unspecified atom stereocenters. The Morgan fingerprint density at radius 1 is 1.56 bits per heavy atom. The first kappa shape index (κ1) is 12.4. The Morgan fingerprint density at radius 2 is 2.12 bits per heavy atom. The highest BCUT2D eigenvalue weighted by molar-refractivity contribution is 5.96. The van der Waals surface area contributed by atoms with Crippen molar-refractivity contribution in [2.75, 3.05) is 11.9 Å². The average molecular weight is 222 g/mol. The summed E-state index contributed by atoms with van der Waals surface area (Å²) in [4.78, 5) is 13.2. The number of amides is 1. The van der Waals surface area contributed by atoms with E-state index in [1.807, 2.05) is 0 Å². The second-order valence-electron chi connectivity index (χ2n) is 3.50. The lowest BCUT2D eigenvalue weighted by Crippen LogP contribution is -2.41. The molecule has 0 aliphatic rings. The first-order valence-corrected chi connectivity index (χ1v) is 4.96. The van der Waals surface area contributed by atoms with Crippen LogP contribution in [-0.2, 0) is 4.79 Å². The SMILES string of the molecule is C=CCC(N)C(=O)N(C)c1ccc(F)cc1. The van der Waals surface area contributed by atoms with E-state index in [1.54, 1.807) is 13.1 Å². The minimum atomic E-state index is -0.604. The van der Waals surface area contributed by atoms with Gasteiger partial charge in [0.25, 0.3) is 0 Å². The Balaban J connectivity index is 2.77. The molecule has 0 saturated heterocycles. The average Bonchev–Trinajstić information content (AvgIpc) is 2.28. The first-order chi connectivity index (χ1) is 7.56. The molecule has 0 radical (unpaired) electrons. The van der Waals surface area contributed by atoms with Crippen molar-refractivity contribution in [3.63, 3.8) is 0 Å². The number of halogens is 1. The predicted octanol–water partition coefficient (Wildman–Crippen LogP) is 1.69. The van der Waals surface area contributed by atoms with Gasteiger partial charge in [0.05, 0.1) is 6.04 Å². The number of carbonyl (C=O) groups excluding carboxylic acids is 1. The van der Waals surface area contributed by atoms with E-state index < -0.39 is 6.04 Å². The summed E-state index contributed by atoms with van der Waals surface area (Å²) in [6.07, 6.45) is 2.02. The maximum atomic E-state index is 12.7. The van der Waals surface area contributed by atoms with Gasteiger partial charge in [-0.25, -0.2) is 4.39 Å². The monoisotopic (exact) mass is 222 g/mol. The second kappa shape index (κ2) is 5.42. The number of rotatable bonds is 4. The molecule has 0 bridgehead atoms. The third-order valence-corrected chi connectivity index (χ3v) is 2.28. The van der Waals surface area contributed by atoms with Gasteiger partial charge in [0.1, 0.15) is 5.82 Å². The van der Waals surface area contributed by atoms with Crippen LogP contribution in [0.15, 0.2) is 36.9 Å². The number of carbonyl (C=O) groups is 1. The Kier molecular flexibility index (Phi) is 4.19. The second-order valence-corrected chi connectivity index (χ2v) is 3.50. The highest BCUT2D eigenvalue weighted by Gasteiger charge is 2.17. The molecule has 0 fully saturated rings. The van der Waals surface area contributed by atoms with E-state index in [1.165, 1.54) is 29.2 Å². The number of likely N-dealkylation sites (N-methyl/N-ethyl adjacent to an activating group) is 1. The fourth-order valence-corrected chi connectivity index (χ4v) is 1.32. The summed E-state index contributed by atoms with van der Waals surface area (Å²) in [7, 11) is 1.61. The molecule has 2 N–H and O–H groups in total. The molecule has 0 heterocycles. The molecule has 1 amide bonds. The summed E-state index contributed by atoms with van der Waals surface area (Å²) in [5.74, 6) is -0.550. The normalized spacial score (nSPS) is 11.9. The van der Waals surface area contributed by atoms with E-state index in [0.717, 1.165) is 0 Å². The van der Waals surface area contributed by atoms with Crippen LogP contribution in [0, 0.1) is 5.82 Å². The maximum absolute atomic E-state index is 12.7.